The van der Waals surface area contributed by atoms with E-state index in [0.29, 0.717) is 0 Å². The van der Waals surface area contributed by atoms with Crippen molar-refractivity contribution >= 4 is 15.9 Å². The molecular formula is C16H24BrNO. The predicted molar refractivity (Wildman–Crippen MR) is 84.2 cm³/mol. The van der Waals surface area contributed by atoms with E-state index in [4.69, 9.17) is 4.74 Å². The van der Waals surface area contributed by atoms with Crippen LogP contribution in [0.4, 0.5) is 0 Å². The summed E-state index contributed by atoms with van der Waals surface area (Å²) in [4.78, 5) is 0. The molecule has 0 aromatic heterocycles. The molecular weight excluding hydrogens is 302 g/mol. The van der Waals surface area contributed by atoms with Gasteiger partial charge in [-0.05, 0) is 81.3 Å². The number of ether oxygens (including phenoxy) is 1. The summed E-state index contributed by atoms with van der Waals surface area (Å²) < 4.78 is 6.93. The summed E-state index contributed by atoms with van der Waals surface area (Å²) in [5.74, 6) is 1.82. The molecule has 0 bridgehead atoms. The number of rotatable bonds is 3. The van der Waals surface area contributed by atoms with Crippen LogP contribution in [0.3, 0.4) is 0 Å². The van der Waals surface area contributed by atoms with Gasteiger partial charge in [-0.3, -0.25) is 0 Å². The molecule has 0 saturated carbocycles. The molecule has 1 aromatic rings. The highest BCUT2D eigenvalue weighted by Crippen LogP contribution is 2.37. The summed E-state index contributed by atoms with van der Waals surface area (Å²) in [6, 6.07) is 0. The molecule has 0 amide bonds. The first-order valence-electron chi connectivity index (χ1n) is 7.09. The Kier molecular flexibility index (Phi) is 4.91. The van der Waals surface area contributed by atoms with Gasteiger partial charge in [0.25, 0.3) is 0 Å². The lowest BCUT2D eigenvalue weighted by Gasteiger charge is -2.26. The summed E-state index contributed by atoms with van der Waals surface area (Å²) in [6.45, 7) is 8.81. The molecule has 1 unspecified atom stereocenters. The van der Waals surface area contributed by atoms with E-state index in [9.17, 15) is 0 Å². The van der Waals surface area contributed by atoms with Crippen LogP contribution in [-0.2, 0) is 6.42 Å². The zero-order chi connectivity index (χ0) is 14.0. The maximum absolute atomic E-state index is 5.69. The SMILES string of the molecule is COc1c(C)c(C)c(Br)c(C)c1CC1CCCNC1. The molecule has 0 spiro atoms. The van der Waals surface area contributed by atoms with Crippen molar-refractivity contribution in [1.82, 2.24) is 5.32 Å². The minimum absolute atomic E-state index is 0.732. The highest BCUT2D eigenvalue weighted by atomic mass is 79.9. The first-order chi connectivity index (χ1) is 9.06. The number of methoxy groups -OCH3 is 1. The van der Waals surface area contributed by atoms with E-state index in [1.165, 1.54) is 46.1 Å². The number of halogens is 1. The van der Waals surface area contributed by atoms with Crippen molar-refractivity contribution in [2.45, 2.75) is 40.0 Å². The van der Waals surface area contributed by atoms with Crippen molar-refractivity contribution in [3.63, 3.8) is 0 Å². The fourth-order valence-corrected chi connectivity index (χ4v) is 3.59. The molecule has 1 N–H and O–H groups in total. The minimum Gasteiger partial charge on any atom is -0.496 e. The summed E-state index contributed by atoms with van der Waals surface area (Å²) in [5, 5.41) is 3.50. The largest absolute Gasteiger partial charge is 0.496 e. The molecule has 0 radical (unpaired) electrons. The summed E-state index contributed by atoms with van der Waals surface area (Å²) in [6.07, 6.45) is 3.72. The number of nitrogens with one attached hydrogen (secondary N) is 1. The normalized spacial score (nSPS) is 19.5. The van der Waals surface area contributed by atoms with Gasteiger partial charge in [-0.15, -0.1) is 0 Å². The average molecular weight is 326 g/mol. The molecule has 0 aliphatic carbocycles. The number of hydrogen-bond donors (Lipinski definition) is 1. The molecule has 2 nitrogen and oxygen atoms in total. The second kappa shape index (κ2) is 6.27. The number of piperidine rings is 1. The summed E-state index contributed by atoms with van der Waals surface area (Å²) in [7, 11) is 1.79. The molecule has 106 valence electrons. The van der Waals surface area contributed by atoms with Crippen LogP contribution in [-0.4, -0.2) is 20.2 Å². The van der Waals surface area contributed by atoms with Crippen molar-refractivity contribution in [1.29, 1.82) is 0 Å². The van der Waals surface area contributed by atoms with E-state index in [1.807, 2.05) is 0 Å². The van der Waals surface area contributed by atoms with E-state index >= 15 is 0 Å². The first-order valence-corrected chi connectivity index (χ1v) is 7.88. The van der Waals surface area contributed by atoms with Gasteiger partial charge in [-0.1, -0.05) is 15.9 Å². The Morgan fingerprint density at radius 3 is 2.53 bits per heavy atom. The fraction of sp³-hybridized carbons (Fsp3) is 0.625. The van der Waals surface area contributed by atoms with E-state index < -0.39 is 0 Å². The van der Waals surface area contributed by atoms with Crippen molar-refractivity contribution in [2.24, 2.45) is 5.92 Å². The highest BCUT2D eigenvalue weighted by molar-refractivity contribution is 9.10. The van der Waals surface area contributed by atoms with Crippen LogP contribution in [0.25, 0.3) is 0 Å². The third-order valence-corrected chi connectivity index (χ3v) is 5.57. The van der Waals surface area contributed by atoms with Gasteiger partial charge in [0, 0.05) is 4.47 Å². The van der Waals surface area contributed by atoms with E-state index in [1.54, 1.807) is 7.11 Å². The van der Waals surface area contributed by atoms with Gasteiger partial charge >= 0.3 is 0 Å². The molecule has 1 aliphatic heterocycles. The molecule has 1 aromatic carbocycles. The maximum atomic E-state index is 5.69. The van der Waals surface area contributed by atoms with Crippen LogP contribution in [0.15, 0.2) is 4.47 Å². The molecule has 1 heterocycles. The lowest BCUT2D eigenvalue weighted by atomic mass is 9.88. The Balaban J connectivity index is 2.37. The predicted octanol–water partition coefficient (Wildman–Crippen LogP) is 3.93. The lowest BCUT2D eigenvalue weighted by molar-refractivity contribution is 0.362. The van der Waals surface area contributed by atoms with Crippen molar-refractivity contribution in [3.05, 3.63) is 26.7 Å². The average Bonchev–Trinajstić information content (AvgIpc) is 2.44. The Morgan fingerprint density at radius 1 is 1.21 bits per heavy atom. The zero-order valence-corrected chi connectivity index (χ0v) is 14.0. The van der Waals surface area contributed by atoms with E-state index in [-0.39, 0.29) is 0 Å². The van der Waals surface area contributed by atoms with Gasteiger partial charge < -0.3 is 10.1 Å². The molecule has 1 aliphatic rings. The van der Waals surface area contributed by atoms with Crippen LogP contribution < -0.4 is 10.1 Å². The molecule has 1 atom stereocenters. The highest BCUT2D eigenvalue weighted by Gasteiger charge is 2.21. The summed E-state index contributed by atoms with van der Waals surface area (Å²) >= 11 is 3.74. The van der Waals surface area contributed by atoms with Gasteiger partial charge in [0.05, 0.1) is 7.11 Å². The third-order valence-electron chi connectivity index (χ3n) is 4.38. The first kappa shape index (κ1) is 14.9. The second-order valence-corrected chi connectivity index (χ2v) is 6.41. The van der Waals surface area contributed by atoms with Gasteiger partial charge in [0.15, 0.2) is 0 Å². The van der Waals surface area contributed by atoms with E-state index in [0.717, 1.165) is 24.6 Å². The topological polar surface area (TPSA) is 21.3 Å². The summed E-state index contributed by atoms with van der Waals surface area (Å²) in [5.41, 5.74) is 5.27. The zero-order valence-electron chi connectivity index (χ0n) is 12.4. The van der Waals surface area contributed by atoms with E-state index in [2.05, 4.69) is 42.0 Å². The van der Waals surface area contributed by atoms with Gasteiger partial charge in [0.2, 0.25) is 0 Å². The second-order valence-electron chi connectivity index (χ2n) is 5.62. The Morgan fingerprint density at radius 2 is 1.95 bits per heavy atom. The van der Waals surface area contributed by atoms with Crippen LogP contribution in [0.5, 0.6) is 5.75 Å². The van der Waals surface area contributed by atoms with Crippen LogP contribution in [0.2, 0.25) is 0 Å². The molecule has 1 saturated heterocycles. The van der Waals surface area contributed by atoms with Gasteiger partial charge in [0.1, 0.15) is 5.75 Å². The lowest BCUT2D eigenvalue weighted by Crippen LogP contribution is -2.31. The van der Waals surface area contributed by atoms with Crippen LogP contribution in [0, 0.1) is 26.7 Å². The maximum Gasteiger partial charge on any atom is 0.125 e. The quantitative estimate of drug-likeness (QED) is 0.909. The van der Waals surface area contributed by atoms with Gasteiger partial charge in [-0.25, -0.2) is 0 Å². The smallest absolute Gasteiger partial charge is 0.125 e. The van der Waals surface area contributed by atoms with Crippen LogP contribution in [0.1, 0.15) is 35.1 Å². The molecule has 2 rings (SSSR count). The standard InChI is InChI=1S/C16H24BrNO/c1-10-11(2)16(19-4)14(12(3)15(10)17)8-13-6-5-7-18-9-13/h13,18H,5-9H2,1-4H3. The van der Waals surface area contributed by atoms with Gasteiger partial charge in [-0.2, -0.15) is 0 Å². The number of benzene rings is 1. The molecule has 1 fully saturated rings. The van der Waals surface area contributed by atoms with Crippen LogP contribution >= 0.6 is 15.9 Å². The number of hydrogen-bond acceptors (Lipinski definition) is 2. The Labute approximate surface area is 125 Å². The monoisotopic (exact) mass is 325 g/mol. The Hall–Kier alpha value is -0.540. The van der Waals surface area contributed by atoms with Crippen molar-refractivity contribution in [2.75, 3.05) is 20.2 Å². The van der Waals surface area contributed by atoms with Crippen molar-refractivity contribution < 1.29 is 4.74 Å². The fourth-order valence-electron chi connectivity index (χ4n) is 3.05. The minimum atomic E-state index is 0.732. The molecule has 19 heavy (non-hydrogen) atoms. The third kappa shape index (κ3) is 2.97. The van der Waals surface area contributed by atoms with Crippen molar-refractivity contribution in [3.8, 4) is 5.75 Å². The molecule has 3 heteroatoms. The Bertz CT molecular complexity index is 465.